The number of carboxylic acids is 1. The normalized spacial score (nSPS) is 14.7. The van der Waals surface area contributed by atoms with E-state index in [1.165, 1.54) is 6.42 Å². The predicted octanol–water partition coefficient (Wildman–Crippen LogP) is 5.93. The fraction of sp³-hybridized carbons (Fsp3) is 0.286. The second-order valence-corrected chi connectivity index (χ2v) is 7.82. The Morgan fingerprint density at radius 3 is 2.26 bits per heavy atom. The van der Waals surface area contributed by atoms with E-state index in [9.17, 15) is 9.90 Å². The Kier molecular flexibility index (Phi) is 4.79. The van der Waals surface area contributed by atoms with E-state index < -0.39 is 5.97 Å². The lowest BCUT2D eigenvalue weighted by molar-refractivity contribution is 0.0689. The second kappa shape index (κ2) is 7.10. The quantitative estimate of drug-likeness (QED) is 0.589. The van der Waals surface area contributed by atoms with Crippen LogP contribution < -0.4 is 4.90 Å². The van der Waals surface area contributed by atoms with Gasteiger partial charge in [0.05, 0.1) is 21.2 Å². The molecule has 0 saturated carbocycles. The molecule has 0 spiro atoms. The molecule has 0 aliphatic carbocycles. The van der Waals surface area contributed by atoms with E-state index in [-0.39, 0.29) is 5.69 Å². The molecule has 4 rings (SSSR count). The number of aryl methyl sites for hydroxylation is 1. The standard InChI is InChI=1S/C21H20Cl2N2O2/c1-13-5-7-14(8-6-13)25-18-12-17(23)16(22)11-15(18)19(20(25)21(26)27)24-9-3-2-4-10-24/h5-8,11-12H,2-4,9-10H2,1H3,(H,26,27). The molecule has 6 heteroatoms. The van der Waals surface area contributed by atoms with Gasteiger partial charge in [-0.3, -0.25) is 0 Å². The number of halogens is 2. The Hall–Kier alpha value is -2.17. The van der Waals surface area contributed by atoms with Crippen molar-refractivity contribution in [1.29, 1.82) is 0 Å². The summed E-state index contributed by atoms with van der Waals surface area (Å²) in [7, 11) is 0. The van der Waals surface area contributed by atoms with Crippen LogP contribution in [-0.4, -0.2) is 28.7 Å². The van der Waals surface area contributed by atoms with Crippen LogP contribution in [0.3, 0.4) is 0 Å². The molecular formula is C21H20Cl2N2O2. The number of aromatic nitrogens is 1. The van der Waals surface area contributed by atoms with Gasteiger partial charge >= 0.3 is 5.97 Å². The third kappa shape index (κ3) is 3.17. The number of benzene rings is 2. The molecule has 0 amide bonds. The molecule has 3 aromatic rings. The Labute approximate surface area is 167 Å². The molecule has 0 bridgehead atoms. The summed E-state index contributed by atoms with van der Waals surface area (Å²) in [6, 6.07) is 11.4. The van der Waals surface area contributed by atoms with Gasteiger partial charge in [0.1, 0.15) is 0 Å². The number of hydrogen-bond donors (Lipinski definition) is 1. The lowest BCUT2D eigenvalue weighted by Gasteiger charge is -2.29. The Bertz CT molecular complexity index is 1020. The van der Waals surface area contributed by atoms with Crippen molar-refractivity contribution in [3.63, 3.8) is 0 Å². The Morgan fingerprint density at radius 1 is 1.00 bits per heavy atom. The van der Waals surface area contributed by atoms with E-state index in [2.05, 4.69) is 4.90 Å². The summed E-state index contributed by atoms with van der Waals surface area (Å²) in [5.41, 5.74) is 3.66. The number of piperidine rings is 1. The van der Waals surface area contributed by atoms with E-state index in [4.69, 9.17) is 23.2 Å². The molecule has 1 aromatic heterocycles. The number of anilines is 1. The van der Waals surface area contributed by atoms with Gasteiger partial charge in [0.15, 0.2) is 5.69 Å². The highest BCUT2D eigenvalue weighted by atomic mass is 35.5. The molecule has 0 radical (unpaired) electrons. The van der Waals surface area contributed by atoms with Crippen LogP contribution in [0.5, 0.6) is 0 Å². The van der Waals surface area contributed by atoms with Crippen LogP contribution in [0, 0.1) is 6.92 Å². The van der Waals surface area contributed by atoms with Crippen molar-refractivity contribution in [3.05, 3.63) is 57.7 Å². The van der Waals surface area contributed by atoms with Crippen molar-refractivity contribution < 1.29 is 9.90 Å². The minimum Gasteiger partial charge on any atom is -0.476 e. The highest BCUT2D eigenvalue weighted by molar-refractivity contribution is 6.43. The SMILES string of the molecule is Cc1ccc(-n2c(C(=O)O)c(N3CCCCC3)c3cc(Cl)c(Cl)cc32)cc1. The summed E-state index contributed by atoms with van der Waals surface area (Å²) in [5.74, 6) is -0.959. The molecule has 4 nitrogen and oxygen atoms in total. The zero-order valence-electron chi connectivity index (χ0n) is 15.0. The summed E-state index contributed by atoms with van der Waals surface area (Å²) < 4.78 is 1.78. The Balaban J connectivity index is 2.08. The van der Waals surface area contributed by atoms with Gasteiger partial charge in [0.2, 0.25) is 0 Å². The first-order chi connectivity index (χ1) is 13.0. The first kappa shape index (κ1) is 18.2. The maximum Gasteiger partial charge on any atom is 0.355 e. The summed E-state index contributed by atoms with van der Waals surface area (Å²) in [6.07, 6.45) is 3.28. The van der Waals surface area contributed by atoms with Crippen molar-refractivity contribution >= 4 is 45.8 Å². The van der Waals surface area contributed by atoms with Crippen molar-refractivity contribution in [2.75, 3.05) is 18.0 Å². The van der Waals surface area contributed by atoms with Crippen molar-refractivity contribution in [1.82, 2.24) is 4.57 Å². The molecule has 1 aliphatic heterocycles. The summed E-state index contributed by atoms with van der Waals surface area (Å²) in [6.45, 7) is 3.69. The third-order valence-corrected chi connectivity index (χ3v) is 5.87. The summed E-state index contributed by atoms with van der Waals surface area (Å²) >= 11 is 12.6. The molecular weight excluding hydrogens is 383 g/mol. The van der Waals surface area contributed by atoms with Gasteiger partial charge < -0.3 is 14.6 Å². The smallest absolute Gasteiger partial charge is 0.355 e. The van der Waals surface area contributed by atoms with Crippen molar-refractivity contribution in [3.8, 4) is 5.69 Å². The molecule has 2 heterocycles. The fourth-order valence-electron chi connectivity index (χ4n) is 3.86. The minimum absolute atomic E-state index is 0.258. The average molecular weight is 403 g/mol. The maximum absolute atomic E-state index is 12.4. The molecule has 0 unspecified atom stereocenters. The van der Waals surface area contributed by atoms with Gasteiger partial charge in [-0.05, 0) is 50.5 Å². The van der Waals surface area contributed by atoms with Crippen LogP contribution in [0.2, 0.25) is 10.0 Å². The van der Waals surface area contributed by atoms with E-state index in [0.29, 0.717) is 10.0 Å². The molecule has 1 saturated heterocycles. The monoisotopic (exact) mass is 402 g/mol. The summed E-state index contributed by atoms with van der Waals surface area (Å²) in [5, 5.41) is 11.8. The summed E-state index contributed by atoms with van der Waals surface area (Å²) in [4.78, 5) is 14.5. The van der Waals surface area contributed by atoms with E-state index in [1.807, 2.05) is 31.2 Å². The number of nitrogens with zero attached hydrogens (tertiary/aromatic N) is 2. The van der Waals surface area contributed by atoms with Crippen LogP contribution in [0.1, 0.15) is 35.3 Å². The number of aromatic carboxylic acids is 1. The first-order valence-electron chi connectivity index (χ1n) is 9.06. The van der Waals surface area contributed by atoms with Gasteiger partial charge in [0, 0.05) is 24.2 Å². The first-order valence-corrected chi connectivity index (χ1v) is 9.81. The zero-order chi connectivity index (χ0) is 19.1. The average Bonchev–Trinajstić information content (AvgIpc) is 2.98. The molecule has 1 aliphatic rings. The lowest BCUT2D eigenvalue weighted by atomic mass is 10.1. The van der Waals surface area contributed by atoms with Crippen molar-refractivity contribution in [2.24, 2.45) is 0 Å². The number of rotatable bonds is 3. The zero-order valence-corrected chi connectivity index (χ0v) is 16.5. The van der Waals surface area contributed by atoms with Crippen LogP contribution in [-0.2, 0) is 0 Å². The molecule has 2 aromatic carbocycles. The van der Waals surface area contributed by atoms with E-state index in [0.717, 1.165) is 53.8 Å². The minimum atomic E-state index is -0.959. The molecule has 1 N–H and O–H groups in total. The fourth-order valence-corrected chi connectivity index (χ4v) is 4.18. The van der Waals surface area contributed by atoms with Crippen LogP contribution in [0.4, 0.5) is 5.69 Å². The number of hydrogen-bond acceptors (Lipinski definition) is 2. The van der Waals surface area contributed by atoms with Gasteiger partial charge in [-0.1, -0.05) is 40.9 Å². The number of fused-ring (bicyclic) bond motifs is 1. The van der Waals surface area contributed by atoms with Gasteiger partial charge in [-0.2, -0.15) is 0 Å². The highest BCUT2D eigenvalue weighted by Gasteiger charge is 2.28. The van der Waals surface area contributed by atoms with Crippen molar-refractivity contribution in [2.45, 2.75) is 26.2 Å². The largest absolute Gasteiger partial charge is 0.476 e. The van der Waals surface area contributed by atoms with Crippen LogP contribution in [0.25, 0.3) is 16.6 Å². The molecule has 0 atom stereocenters. The van der Waals surface area contributed by atoms with Gasteiger partial charge in [0.25, 0.3) is 0 Å². The lowest BCUT2D eigenvalue weighted by Crippen LogP contribution is -2.30. The highest BCUT2D eigenvalue weighted by Crippen LogP contribution is 2.41. The van der Waals surface area contributed by atoms with E-state index in [1.54, 1.807) is 16.7 Å². The Morgan fingerprint density at radius 2 is 1.63 bits per heavy atom. The van der Waals surface area contributed by atoms with Gasteiger partial charge in [-0.25, -0.2) is 4.79 Å². The maximum atomic E-state index is 12.4. The van der Waals surface area contributed by atoms with E-state index >= 15 is 0 Å². The number of carboxylic acid groups (broad SMARTS) is 1. The second-order valence-electron chi connectivity index (χ2n) is 7.00. The van der Waals surface area contributed by atoms with Gasteiger partial charge in [-0.15, -0.1) is 0 Å². The number of carbonyl (C=O) groups is 1. The molecule has 1 fully saturated rings. The van der Waals surface area contributed by atoms with Crippen LogP contribution >= 0.6 is 23.2 Å². The third-order valence-electron chi connectivity index (χ3n) is 5.15. The molecule has 140 valence electrons. The molecule has 27 heavy (non-hydrogen) atoms. The van der Waals surface area contributed by atoms with Crippen LogP contribution in [0.15, 0.2) is 36.4 Å². The topological polar surface area (TPSA) is 45.5 Å². The predicted molar refractivity (Wildman–Crippen MR) is 111 cm³/mol.